The van der Waals surface area contributed by atoms with Gasteiger partial charge in [0.1, 0.15) is 12.6 Å². The predicted molar refractivity (Wildman–Crippen MR) is 98.8 cm³/mol. The number of hydrogen-bond donors (Lipinski definition) is 6. The van der Waals surface area contributed by atoms with Gasteiger partial charge >= 0.3 is 5.97 Å². The van der Waals surface area contributed by atoms with Crippen molar-refractivity contribution in [3.05, 3.63) is 41.9 Å². The number of aliphatic imine (C=N–C) groups is 1. The van der Waals surface area contributed by atoms with Crippen molar-refractivity contribution in [2.75, 3.05) is 13.1 Å². The van der Waals surface area contributed by atoms with E-state index >= 15 is 0 Å². The molecule has 10 N–H and O–H groups in total. The Bertz CT molecular complexity index is 661. The third-order valence-corrected chi connectivity index (χ3v) is 3.57. The van der Waals surface area contributed by atoms with Gasteiger partial charge in [-0.15, -0.1) is 0 Å². The number of aliphatic carboxylic acids is 1. The van der Waals surface area contributed by atoms with Crippen molar-refractivity contribution >= 4 is 23.7 Å². The molecule has 0 fully saturated rings. The second kappa shape index (κ2) is 11.5. The maximum atomic E-state index is 12.3. The summed E-state index contributed by atoms with van der Waals surface area (Å²) in [5, 5.41) is 13.6. The molecule has 10 heteroatoms. The molecule has 1 radical (unpaired) electrons. The fraction of sp³-hybridized carbons (Fsp3) is 0.353. The van der Waals surface area contributed by atoms with Gasteiger partial charge in [0.15, 0.2) is 5.96 Å². The summed E-state index contributed by atoms with van der Waals surface area (Å²) in [5.74, 6) is -2.26. The molecular weight excluding hydrogens is 352 g/mol. The summed E-state index contributed by atoms with van der Waals surface area (Å²) in [6.45, 7) is -0.166. The summed E-state index contributed by atoms with van der Waals surface area (Å²) >= 11 is 0. The molecule has 0 spiro atoms. The first-order valence-corrected chi connectivity index (χ1v) is 8.37. The van der Waals surface area contributed by atoms with Gasteiger partial charge in [-0.05, 0) is 12.0 Å². The second-order valence-corrected chi connectivity index (χ2v) is 5.84. The quantitative estimate of drug-likeness (QED) is 0.143. The molecule has 1 atom stereocenters. The summed E-state index contributed by atoms with van der Waals surface area (Å²) in [6.07, 6.45) is 1.11. The molecule has 1 rings (SSSR count). The van der Waals surface area contributed by atoms with Crippen molar-refractivity contribution in [1.29, 1.82) is 0 Å². The van der Waals surface area contributed by atoms with Crippen LogP contribution in [0.25, 0.3) is 0 Å². The lowest BCUT2D eigenvalue weighted by molar-refractivity contribution is -0.346. The lowest BCUT2D eigenvalue weighted by Crippen LogP contribution is -2.63. The van der Waals surface area contributed by atoms with Gasteiger partial charge in [0.05, 0.1) is 0 Å². The Morgan fingerprint density at radius 1 is 1.19 bits per heavy atom. The van der Waals surface area contributed by atoms with Crippen molar-refractivity contribution in [1.82, 2.24) is 10.6 Å². The van der Waals surface area contributed by atoms with Gasteiger partial charge in [-0.1, -0.05) is 30.3 Å². The van der Waals surface area contributed by atoms with Crippen LogP contribution < -0.4 is 27.8 Å². The maximum absolute atomic E-state index is 12.3. The van der Waals surface area contributed by atoms with Gasteiger partial charge in [-0.3, -0.25) is 19.4 Å². The molecule has 27 heavy (non-hydrogen) atoms. The Balaban J connectivity index is 2.68. The molecule has 1 aromatic rings. The molecule has 10 nitrogen and oxygen atoms in total. The first kappa shape index (κ1) is 21.9. The number of amides is 2. The molecule has 0 saturated carbocycles. The summed E-state index contributed by atoms with van der Waals surface area (Å²) in [7, 11) is 0. The zero-order valence-corrected chi connectivity index (χ0v) is 15.0. The summed E-state index contributed by atoms with van der Waals surface area (Å²) in [4.78, 5) is 39.1. The number of guanidine groups is 1. The van der Waals surface area contributed by atoms with Gasteiger partial charge in [0.2, 0.25) is 11.9 Å². The molecule has 0 aliphatic heterocycles. The number of nitrogens with two attached hydrogens (primary N) is 2. The van der Waals surface area contributed by atoms with E-state index in [1.54, 1.807) is 0 Å². The molecule has 2 amide bonds. The monoisotopic (exact) mass is 378 g/mol. The molecule has 0 saturated heterocycles. The zero-order chi connectivity index (χ0) is 20.2. The standard InChI is InChI=1S/C17H26N6O4/c18-12(7-4-8-21-17(19)20)15(26)23-13(16(27)22-10-14(24)25)9-11-5-2-1-3-6-11/h1-3,5-6,13H,4,7-10H2,18H3,(H,22,27)(H,23,26)(H,24,25)(H4,19,20,21)/q+1. The van der Waals surface area contributed by atoms with Gasteiger partial charge < -0.3 is 32.9 Å². The van der Waals surface area contributed by atoms with Crippen LogP contribution in [0, 0.1) is 6.04 Å². The van der Waals surface area contributed by atoms with Crippen LogP contribution in [0.4, 0.5) is 0 Å². The first-order valence-electron chi connectivity index (χ1n) is 8.37. The van der Waals surface area contributed by atoms with Gasteiger partial charge in [-0.2, -0.15) is 0 Å². The highest BCUT2D eigenvalue weighted by Crippen LogP contribution is 2.06. The Labute approximate surface area is 157 Å². The Morgan fingerprint density at radius 2 is 1.85 bits per heavy atom. The average Bonchev–Trinajstić information content (AvgIpc) is 2.63. The lowest BCUT2D eigenvalue weighted by Gasteiger charge is -2.19. The summed E-state index contributed by atoms with van der Waals surface area (Å²) < 4.78 is 0. The van der Waals surface area contributed by atoms with Gasteiger partial charge in [0, 0.05) is 19.4 Å². The van der Waals surface area contributed by atoms with Crippen molar-refractivity contribution in [2.45, 2.75) is 25.3 Å². The zero-order valence-electron chi connectivity index (χ0n) is 15.0. The van der Waals surface area contributed by atoms with Crippen LogP contribution in [0.15, 0.2) is 35.3 Å². The highest BCUT2D eigenvalue weighted by molar-refractivity contribution is 5.93. The summed E-state index contributed by atoms with van der Waals surface area (Å²) in [5.41, 5.74) is 15.0. The normalized spacial score (nSPS) is 11.5. The molecule has 147 valence electrons. The summed E-state index contributed by atoms with van der Waals surface area (Å²) in [6, 6.07) is 8.44. The van der Waals surface area contributed by atoms with Gasteiger partial charge in [0.25, 0.3) is 5.91 Å². The first-order chi connectivity index (χ1) is 12.8. The van der Waals surface area contributed by atoms with Crippen LogP contribution in [0.2, 0.25) is 0 Å². The minimum Gasteiger partial charge on any atom is -0.480 e. The Kier molecular flexibility index (Phi) is 9.30. The van der Waals surface area contributed by atoms with Crippen LogP contribution >= 0.6 is 0 Å². The molecule has 0 aliphatic carbocycles. The minimum atomic E-state index is -1.17. The number of carboxylic acid groups (broad SMARTS) is 1. The molecule has 0 aromatic heterocycles. The number of carbonyl (C=O) groups is 3. The SMILES string of the molecule is NC(N)=NCCC[C]([NH3+])C(=O)NC(Cc1ccccc1)C(=O)NCC(=O)O. The largest absolute Gasteiger partial charge is 0.480 e. The third-order valence-electron chi connectivity index (χ3n) is 3.57. The Morgan fingerprint density at radius 3 is 2.44 bits per heavy atom. The molecule has 0 aliphatic rings. The second-order valence-electron chi connectivity index (χ2n) is 5.84. The molecular formula is C17H26N6O4+. The fourth-order valence-electron chi connectivity index (χ4n) is 2.22. The number of nitrogens with zero attached hydrogens (tertiary/aromatic N) is 1. The van der Waals surface area contributed by atoms with Crippen molar-refractivity contribution in [2.24, 2.45) is 16.5 Å². The molecule has 0 bridgehead atoms. The molecule has 1 aromatic carbocycles. The van der Waals surface area contributed by atoms with E-state index in [-0.39, 0.29) is 18.4 Å². The average molecular weight is 378 g/mol. The number of rotatable bonds is 11. The Hall–Kier alpha value is -3.14. The van der Waals surface area contributed by atoms with E-state index in [4.69, 9.17) is 16.6 Å². The number of benzene rings is 1. The minimum absolute atomic E-state index is 0.0249. The number of hydrogen-bond acceptors (Lipinski definition) is 4. The van der Waals surface area contributed by atoms with E-state index in [1.807, 2.05) is 30.3 Å². The van der Waals surface area contributed by atoms with Gasteiger partial charge in [-0.25, -0.2) is 0 Å². The van der Waals surface area contributed by atoms with Crippen LogP contribution in [0.1, 0.15) is 18.4 Å². The molecule has 1 unspecified atom stereocenters. The third kappa shape index (κ3) is 9.21. The predicted octanol–water partition coefficient (Wildman–Crippen LogP) is -2.26. The van der Waals surface area contributed by atoms with E-state index in [9.17, 15) is 14.4 Å². The van der Waals surface area contributed by atoms with E-state index in [2.05, 4.69) is 21.4 Å². The van der Waals surface area contributed by atoms with Crippen LogP contribution in [-0.2, 0) is 20.8 Å². The van der Waals surface area contributed by atoms with E-state index in [0.29, 0.717) is 19.4 Å². The lowest BCUT2D eigenvalue weighted by atomic mass is 10.0. The fourth-order valence-corrected chi connectivity index (χ4v) is 2.22. The topological polar surface area (TPSA) is 188 Å². The number of carbonyl (C=O) groups excluding carboxylic acids is 2. The van der Waals surface area contributed by atoms with E-state index in [1.165, 1.54) is 0 Å². The highest BCUT2D eigenvalue weighted by Gasteiger charge is 2.27. The van der Waals surface area contributed by atoms with Crippen molar-refractivity contribution < 1.29 is 25.2 Å². The van der Waals surface area contributed by atoms with E-state index < -0.39 is 30.4 Å². The van der Waals surface area contributed by atoms with Crippen LogP contribution in [0.3, 0.4) is 0 Å². The number of nitrogens with one attached hydrogen (secondary N) is 2. The number of quaternary nitrogens is 1. The number of carboxylic acids is 1. The van der Waals surface area contributed by atoms with Crippen molar-refractivity contribution in [3.8, 4) is 0 Å². The van der Waals surface area contributed by atoms with Crippen LogP contribution in [0.5, 0.6) is 0 Å². The van der Waals surface area contributed by atoms with Crippen molar-refractivity contribution in [3.63, 3.8) is 0 Å². The smallest absolute Gasteiger partial charge is 0.322 e. The van der Waals surface area contributed by atoms with E-state index in [0.717, 1.165) is 5.56 Å². The maximum Gasteiger partial charge on any atom is 0.322 e. The molecule has 0 heterocycles. The highest BCUT2D eigenvalue weighted by atomic mass is 16.4. The van der Waals surface area contributed by atoms with Crippen LogP contribution in [-0.4, -0.2) is 48.0 Å².